The van der Waals surface area contributed by atoms with Crippen LogP contribution in [0.5, 0.6) is 0 Å². The summed E-state index contributed by atoms with van der Waals surface area (Å²) in [6, 6.07) is 10.6. The molecule has 0 saturated heterocycles. The van der Waals surface area contributed by atoms with Gasteiger partial charge in [0.1, 0.15) is 5.15 Å². The Hall–Kier alpha value is -1.95. The number of nitrogens with zero attached hydrogens (tertiary/aromatic N) is 2. The maximum atomic E-state index is 12.2. The van der Waals surface area contributed by atoms with Crippen molar-refractivity contribution >= 4 is 45.6 Å². The summed E-state index contributed by atoms with van der Waals surface area (Å²) in [5.74, 6) is -0.273. The van der Waals surface area contributed by atoms with Crippen LogP contribution in [-0.2, 0) is 0 Å². The first-order valence-corrected chi connectivity index (χ1v) is 8.26. The van der Waals surface area contributed by atoms with E-state index < -0.39 is 0 Å². The van der Waals surface area contributed by atoms with Crippen molar-refractivity contribution in [3.8, 4) is 11.3 Å². The van der Waals surface area contributed by atoms with Crippen molar-refractivity contribution in [2.75, 3.05) is 5.32 Å². The molecule has 1 aromatic carbocycles. The van der Waals surface area contributed by atoms with E-state index in [0.717, 1.165) is 16.1 Å². The van der Waals surface area contributed by atoms with Gasteiger partial charge in [-0.05, 0) is 31.2 Å². The monoisotopic (exact) mass is 363 g/mol. The van der Waals surface area contributed by atoms with Crippen LogP contribution in [0.15, 0.2) is 42.6 Å². The molecule has 0 radical (unpaired) electrons. The lowest BCUT2D eigenvalue weighted by Crippen LogP contribution is -2.11. The number of carbonyl (C=O) groups excluding carboxylic acids is 1. The fraction of sp³-hybridized carbons (Fsp3) is 0.0625. The van der Waals surface area contributed by atoms with Crippen LogP contribution in [0, 0.1) is 6.92 Å². The second-order valence-corrected chi connectivity index (χ2v) is 6.78. The summed E-state index contributed by atoms with van der Waals surface area (Å²) < 4.78 is 0. The molecule has 0 spiro atoms. The van der Waals surface area contributed by atoms with Crippen LogP contribution in [0.2, 0.25) is 10.2 Å². The lowest BCUT2D eigenvalue weighted by Gasteiger charge is -2.01. The summed E-state index contributed by atoms with van der Waals surface area (Å²) in [7, 11) is 0. The fourth-order valence-electron chi connectivity index (χ4n) is 2.00. The first kappa shape index (κ1) is 15.9. The third-order valence-electron chi connectivity index (χ3n) is 3.12. The number of aromatic nitrogens is 2. The van der Waals surface area contributed by atoms with Gasteiger partial charge in [0.25, 0.3) is 5.91 Å². The third kappa shape index (κ3) is 3.69. The maximum Gasteiger partial charge on any atom is 0.259 e. The number of hydrogen-bond donors (Lipinski definition) is 1. The minimum Gasteiger partial charge on any atom is -0.298 e. The average Bonchev–Trinajstić information content (AvgIpc) is 2.89. The van der Waals surface area contributed by atoms with E-state index in [-0.39, 0.29) is 5.91 Å². The molecule has 0 fully saturated rings. The van der Waals surface area contributed by atoms with E-state index in [1.807, 2.05) is 31.2 Å². The van der Waals surface area contributed by atoms with E-state index in [2.05, 4.69) is 15.3 Å². The van der Waals surface area contributed by atoms with Gasteiger partial charge in [-0.2, -0.15) is 0 Å². The van der Waals surface area contributed by atoms with Crippen molar-refractivity contribution < 1.29 is 4.79 Å². The Bertz CT molecular complexity index is 845. The molecule has 116 valence electrons. The highest BCUT2D eigenvalue weighted by atomic mass is 35.5. The van der Waals surface area contributed by atoms with Crippen LogP contribution in [0.25, 0.3) is 11.3 Å². The Balaban J connectivity index is 1.82. The largest absolute Gasteiger partial charge is 0.298 e. The van der Waals surface area contributed by atoms with Gasteiger partial charge in [0.05, 0.1) is 11.3 Å². The number of carbonyl (C=O) groups is 1. The summed E-state index contributed by atoms with van der Waals surface area (Å²) in [5.41, 5.74) is 2.21. The zero-order valence-corrected chi connectivity index (χ0v) is 14.3. The van der Waals surface area contributed by atoms with Crippen molar-refractivity contribution in [3.05, 3.63) is 63.2 Å². The Morgan fingerprint density at radius 3 is 2.52 bits per heavy atom. The topological polar surface area (TPSA) is 54.9 Å². The number of rotatable bonds is 3. The van der Waals surface area contributed by atoms with E-state index in [0.29, 0.717) is 20.9 Å². The summed E-state index contributed by atoms with van der Waals surface area (Å²) in [4.78, 5) is 21.6. The highest BCUT2D eigenvalue weighted by Gasteiger charge is 2.13. The SMILES string of the molecule is Cc1sc(NC(=O)c2ccc(Cl)nc2)nc1-c1ccc(Cl)cc1. The van der Waals surface area contributed by atoms with Crippen molar-refractivity contribution in [1.82, 2.24) is 9.97 Å². The normalized spacial score (nSPS) is 10.6. The van der Waals surface area contributed by atoms with Crippen LogP contribution in [0.3, 0.4) is 0 Å². The molecule has 0 bridgehead atoms. The van der Waals surface area contributed by atoms with Crippen LogP contribution in [-0.4, -0.2) is 15.9 Å². The lowest BCUT2D eigenvalue weighted by atomic mass is 10.1. The standard InChI is InChI=1S/C16H11Cl2N3OS/c1-9-14(10-2-5-12(17)6-3-10)20-16(23-9)21-15(22)11-4-7-13(18)19-8-11/h2-8H,1H3,(H,20,21,22). The van der Waals surface area contributed by atoms with Gasteiger partial charge < -0.3 is 0 Å². The number of hydrogen-bond acceptors (Lipinski definition) is 4. The van der Waals surface area contributed by atoms with Crippen molar-refractivity contribution in [1.29, 1.82) is 0 Å². The fourth-order valence-corrected chi connectivity index (χ4v) is 3.07. The molecule has 1 amide bonds. The Labute approximate surface area is 147 Å². The van der Waals surface area contributed by atoms with Gasteiger partial charge >= 0.3 is 0 Å². The van der Waals surface area contributed by atoms with Crippen LogP contribution in [0.1, 0.15) is 15.2 Å². The van der Waals surface area contributed by atoms with Gasteiger partial charge in [-0.25, -0.2) is 9.97 Å². The third-order valence-corrected chi connectivity index (χ3v) is 4.49. The first-order valence-electron chi connectivity index (χ1n) is 6.69. The molecule has 7 heteroatoms. The van der Waals surface area contributed by atoms with Crippen molar-refractivity contribution in [2.45, 2.75) is 6.92 Å². The number of thiazole rings is 1. The molecule has 4 nitrogen and oxygen atoms in total. The minimum absolute atomic E-state index is 0.273. The van der Waals surface area contributed by atoms with E-state index in [1.165, 1.54) is 17.5 Å². The quantitative estimate of drug-likeness (QED) is 0.660. The second kappa shape index (κ2) is 6.66. The number of benzene rings is 1. The molecule has 0 aliphatic rings. The molecule has 2 heterocycles. The van der Waals surface area contributed by atoms with E-state index in [4.69, 9.17) is 23.2 Å². The molecule has 1 N–H and O–H groups in total. The summed E-state index contributed by atoms with van der Waals surface area (Å²) in [6.45, 7) is 1.96. The Kier molecular flexibility index (Phi) is 4.61. The van der Waals surface area contributed by atoms with E-state index >= 15 is 0 Å². The van der Waals surface area contributed by atoms with Crippen LogP contribution in [0.4, 0.5) is 5.13 Å². The average molecular weight is 364 g/mol. The molecular formula is C16H11Cl2N3OS. The molecule has 23 heavy (non-hydrogen) atoms. The number of anilines is 1. The highest BCUT2D eigenvalue weighted by molar-refractivity contribution is 7.16. The number of pyridine rings is 1. The molecule has 0 aliphatic heterocycles. The predicted octanol–water partition coefficient (Wildman–Crippen LogP) is 5.07. The highest BCUT2D eigenvalue weighted by Crippen LogP contribution is 2.31. The number of halogens is 2. The molecule has 2 aromatic heterocycles. The second-order valence-electron chi connectivity index (χ2n) is 4.75. The maximum absolute atomic E-state index is 12.2. The molecule has 3 aromatic rings. The zero-order chi connectivity index (χ0) is 16.4. The zero-order valence-electron chi connectivity index (χ0n) is 12.0. The minimum atomic E-state index is -0.273. The predicted molar refractivity (Wildman–Crippen MR) is 94.5 cm³/mol. The van der Waals surface area contributed by atoms with Crippen LogP contribution >= 0.6 is 34.5 Å². The van der Waals surface area contributed by atoms with Gasteiger partial charge in [-0.3, -0.25) is 10.1 Å². The van der Waals surface area contributed by atoms with Crippen LogP contribution < -0.4 is 5.32 Å². The first-order chi connectivity index (χ1) is 11.0. The Morgan fingerprint density at radius 2 is 1.87 bits per heavy atom. The number of aryl methyl sites for hydroxylation is 1. The summed E-state index contributed by atoms with van der Waals surface area (Å²) in [5, 5.41) is 4.33. The van der Waals surface area contributed by atoms with Gasteiger partial charge in [0.15, 0.2) is 5.13 Å². The number of amides is 1. The molecular weight excluding hydrogens is 353 g/mol. The van der Waals surface area contributed by atoms with Gasteiger partial charge in [-0.1, -0.05) is 35.3 Å². The van der Waals surface area contributed by atoms with Crippen molar-refractivity contribution in [3.63, 3.8) is 0 Å². The van der Waals surface area contributed by atoms with E-state index in [9.17, 15) is 4.79 Å². The molecule has 0 unspecified atom stereocenters. The molecule has 3 rings (SSSR count). The van der Waals surface area contributed by atoms with E-state index in [1.54, 1.807) is 12.1 Å². The Morgan fingerprint density at radius 1 is 1.13 bits per heavy atom. The molecule has 0 aliphatic carbocycles. The summed E-state index contributed by atoms with van der Waals surface area (Å²) in [6.07, 6.45) is 1.43. The summed E-state index contributed by atoms with van der Waals surface area (Å²) >= 11 is 13.0. The smallest absolute Gasteiger partial charge is 0.259 e. The number of nitrogens with one attached hydrogen (secondary N) is 1. The molecule has 0 atom stereocenters. The lowest BCUT2D eigenvalue weighted by molar-refractivity contribution is 0.102. The van der Waals surface area contributed by atoms with Gasteiger partial charge in [0, 0.05) is 21.7 Å². The van der Waals surface area contributed by atoms with Gasteiger partial charge in [-0.15, -0.1) is 11.3 Å². The molecule has 0 saturated carbocycles. The van der Waals surface area contributed by atoms with Gasteiger partial charge in [0.2, 0.25) is 0 Å². The van der Waals surface area contributed by atoms with Crippen molar-refractivity contribution in [2.24, 2.45) is 0 Å².